The van der Waals surface area contributed by atoms with Gasteiger partial charge in [-0.2, -0.15) is 13.2 Å². The molecule has 0 saturated carbocycles. The van der Waals surface area contributed by atoms with Crippen LogP contribution in [0, 0.1) is 0 Å². The summed E-state index contributed by atoms with van der Waals surface area (Å²) in [6.45, 7) is 0.0596. The van der Waals surface area contributed by atoms with Crippen LogP contribution in [0.5, 0.6) is 5.75 Å². The fraction of sp³-hybridized carbons (Fsp3) is 0.389. The van der Waals surface area contributed by atoms with Crippen molar-refractivity contribution in [2.45, 2.75) is 31.2 Å². The Bertz CT molecular complexity index is 940. The van der Waals surface area contributed by atoms with E-state index in [0.29, 0.717) is 0 Å². The lowest BCUT2D eigenvalue weighted by molar-refractivity contribution is -0.185. The first kappa shape index (κ1) is 25.6. The van der Waals surface area contributed by atoms with E-state index >= 15 is 0 Å². The number of aliphatic imine (C=N–C) groups is 1. The van der Waals surface area contributed by atoms with E-state index in [-0.39, 0.29) is 46.7 Å². The summed E-state index contributed by atoms with van der Waals surface area (Å²) in [7, 11) is 1.06. The van der Waals surface area contributed by atoms with E-state index in [1.807, 2.05) is 0 Å². The Morgan fingerprint density at radius 3 is 2.66 bits per heavy atom. The van der Waals surface area contributed by atoms with Crippen molar-refractivity contribution < 1.29 is 37.4 Å². The number of rotatable bonds is 7. The number of halogens is 5. The molecule has 0 unspecified atom stereocenters. The first-order valence-corrected chi connectivity index (χ1v) is 9.76. The van der Waals surface area contributed by atoms with Crippen LogP contribution < -0.4 is 21.3 Å². The van der Waals surface area contributed by atoms with Gasteiger partial charge >= 0.3 is 12.1 Å². The van der Waals surface area contributed by atoms with Crippen molar-refractivity contribution in [3.05, 3.63) is 33.3 Å². The van der Waals surface area contributed by atoms with Crippen molar-refractivity contribution in [2.24, 2.45) is 10.7 Å². The molecule has 1 amide bonds. The van der Waals surface area contributed by atoms with Gasteiger partial charge in [0.05, 0.1) is 17.7 Å². The lowest BCUT2D eigenvalue weighted by Crippen LogP contribution is -2.48. The summed E-state index contributed by atoms with van der Waals surface area (Å²) in [6.07, 6.45) is -6.45. The average Bonchev–Trinajstić information content (AvgIpc) is 2.73. The Balaban J connectivity index is 2.29. The number of fused-ring (bicyclic) bond motifs is 1. The van der Waals surface area contributed by atoms with Gasteiger partial charge in [0, 0.05) is 17.1 Å². The average molecular weight is 499 g/mol. The maximum atomic E-state index is 13.6. The number of hydrogen-bond donors (Lipinski definition) is 4. The van der Waals surface area contributed by atoms with E-state index in [2.05, 4.69) is 15.0 Å². The summed E-state index contributed by atoms with van der Waals surface area (Å²) in [5.41, 5.74) is 6.15. The summed E-state index contributed by atoms with van der Waals surface area (Å²) < 4.78 is 50.5. The zero-order valence-electron chi connectivity index (χ0n) is 16.5. The van der Waals surface area contributed by atoms with E-state index in [0.717, 1.165) is 13.2 Å². The van der Waals surface area contributed by atoms with Crippen LogP contribution in [-0.4, -0.2) is 55.0 Å². The van der Waals surface area contributed by atoms with Crippen LogP contribution in [0.3, 0.4) is 0 Å². The molecule has 0 aliphatic carbocycles. The number of carbonyl (C=O) groups excluding carboxylic acids is 2. The molecule has 2 rings (SSSR count). The standard InChI is InChI=1S/C18H19Cl2F3N4O5/c1-31-16(29)12(3-2-4-25-17(24)27-30)26-15(28)10-6-8-5-9(19)7-11(20)13(8)32-14(10)18(21,22)23/h5-7,12,14,30H,2-4H2,1H3,(H,26,28)(H3,24,25,27)/t12-,14-/m0/s1. The van der Waals surface area contributed by atoms with Crippen molar-refractivity contribution in [3.8, 4) is 5.75 Å². The van der Waals surface area contributed by atoms with Crippen LogP contribution in [-0.2, 0) is 14.3 Å². The molecule has 176 valence electrons. The molecular weight excluding hydrogens is 480 g/mol. The number of nitrogens with two attached hydrogens (primary N) is 1. The van der Waals surface area contributed by atoms with Gasteiger partial charge in [0.2, 0.25) is 12.1 Å². The predicted octanol–water partition coefficient (Wildman–Crippen LogP) is 2.43. The van der Waals surface area contributed by atoms with Gasteiger partial charge in [-0.1, -0.05) is 23.2 Å². The van der Waals surface area contributed by atoms with Crippen molar-refractivity contribution in [3.63, 3.8) is 0 Å². The molecule has 9 nitrogen and oxygen atoms in total. The molecule has 1 aliphatic rings. The zero-order chi connectivity index (χ0) is 24.1. The van der Waals surface area contributed by atoms with E-state index in [9.17, 15) is 22.8 Å². The third-order valence-electron chi connectivity index (χ3n) is 4.26. The molecule has 32 heavy (non-hydrogen) atoms. The molecular formula is C18H19Cl2F3N4O5. The molecule has 0 fully saturated rings. The molecule has 0 radical (unpaired) electrons. The second kappa shape index (κ2) is 10.7. The lowest BCUT2D eigenvalue weighted by atomic mass is 9.99. The second-order valence-corrected chi connectivity index (χ2v) is 7.36. The lowest BCUT2D eigenvalue weighted by Gasteiger charge is -2.29. The van der Waals surface area contributed by atoms with Gasteiger partial charge in [0.15, 0.2) is 0 Å². The number of nitrogens with one attached hydrogen (secondary N) is 2. The summed E-state index contributed by atoms with van der Waals surface area (Å²) in [6, 6.07) is 1.23. The fourth-order valence-electron chi connectivity index (χ4n) is 2.83. The van der Waals surface area contributed by atoms with E-state index in [1.54, 1.807) is 5.48 Å². The van der Waals surface area contributed by atoms with Crippen LogP contribution in [0.25, 0.3) is 6.08 Å². The molecule has 14 heteroatoms. The molecule has 0 aromatic heterocycles. The zero-order valence-corrected chi connectivity index (χ0v) is 18.0. The highest BCUT2D eigenvalue weighted by Gasteiger charge is 2.49. The quantitative estimate of drug-likeness (QED) is 0.149. The predicted molar refractivity (Wildman–Crippen MR) is 110 cm³/mol. The van der Waals surface area contributed by atoms with Crippen LogP contribution in [0.4, 0.5) is 13.2 Å². The summed E-state index contributed by atoms with van der Waals surface area (Å²) in [4.78, 5) is 28.5. The summed E-state index contributed by atoms with van der Waals surface area (Å²) in [5, 5.41) is 10.8. The largest absolute Gasteiger partial charge is 0.474 e. The van der Waals surface area contributed by atoms with E-state index in [4.69, 9.17) is 38.9 Å². The Morgan fingerprint density at radius 2 is 2.06 bits per heavy atom. The monoisotopic (exact) mass is 498 g/mol. The van der Waals surface area contributed by atoms with Crippen LogP contribution in [0.15, 0.2) is 22.7 Å². The fourth-order valence-corrected chi connectivity index (χ4v) is 3.38. The Hall–Kier alpha value is -2.70. The number of benzene rings is 1. The third-order valence-corrected chi connectivity index (χ3v) is 4.76. The minimum atomic E-state index is -4.95. The van der Waals surface area contributed by atoms with E-state index < -0.39 is 35.8 Å². The first-order valence-electron chi connectivity index (χ1n) is 9.00. The SMILES string of the molecule is COC(=O)[C@H](CCCN=C(N)NO)NC(=O)C1=Cc2cc(Cl)cc(Cl)c2O[C@@H]1C(F)(F)F. The minimum absolute atomic E-state index is 0.0281. The summed E-state index contributed by atoms with van der Waals surface area (Å²) in [5.74, 6) is -2.60. The number of alkyl halides is 3. The molecule has 0 bridgehead atoms. The van der Waals surface area contributed by atoms with Crippen LogP contribution in [0.1, 0.15) is 18.4 Å². The van der Waals surface area contributed by atoms with Crippen molar-refractivity contribution in [1.29, 1.82) is 0 Å². The van der Waals surface area contributed by atoms with E-state index in [1.165, 1.54) is 12.1 Å². The molecule has 1 heterocycles. The van der Waals surface area contributed by atoms with Gasteiger partial charge < -0.3 is 20.5 Å². The molecule has 0 saturated heterocycles. The van der Waals surface area contributed by atoms with Gasteiger partial charge in [0.1, 0.15) is 11.8 Å². The normalized spacial score (nSPS) is 16.9. The Labute approximate surface area is 190 Å². The van der Waals surface area contributed by atoms with Gasteiger partial charge in [0.25, 0.3) is 5.91 Å². The van der Waals surface area contributed by atoms with Gasteiger partial charge in [-0.25, -0.2) is 10.3 Å². The van der Waals surface area contributed by atoms with Crippen molar-refractivity contribution in [1.82, 2.24) is 10.8 Å². The molecule has 1 aromatic carbocycles. The van der Waals surface area contributed by atoms with Gasteiger partial charge in [-0.3, -0.25) is 15.0 Å². The molecule has 5 N–H and O–H groups in total. The number of ether oxygens (including phenoxy) is 2. The number of amides is 1. The molecule has 0 spiro atoms. The number of esters is 1. The number of nitrogens with zero attached hydrogens (tertiary/aromatic N) is 1. The van der Waals surface area contributed by atoms with Gasteiger partial charge in [-0.15, -0.1) is 0 Å². The maximum absolute atomic E-state index is 13.6. The highest BCUT2D eigenvalue weighted by Crippen LogP contribution is 2.42. The van der Waals surface area contributed by atoms with Crippen molar-refractivity contribution >= 4 is 47.1 Å². The number of guanidine groups is 1. The van der Waals surface area contributed by atoms with Crippen molar-refractivity contribution in [2.75, 3.05) is 13.7 Å². The Morgan fingerprint density at radius 1 is 1.38 bits per heavy atom. The maximum Gasteiger partial charge on any atom is 0.429 e. The Kier molecular flexibility index (Phi) is 8.58. The topological polar surface area (TPSA) is 135 Å². The smallest absolute Gasteiger partial charge is 0.429 e. The highest BCUT2D eigenvalue weighted by molar-refractivity contribution is 6.36. The van der Waals surface area contributed by atoms with Crippen LogP contribution in [0.2, 0.25) is 10.0 Å². The number of hydroxylamine groups is 1. The highest BCUT2D eigenvalue weighted by atomic mass is 35.5. The first-order chi connectivity index (χ1) is 15.0. The molecule has 1 aromatic rings. The number of hydrogen-bond acceptors (Lipinski definition) is 6. The molecule has 2 atom stereocenters. The van der Waals surface area contributed by atoms with Gasteiger partial charge in [-0.05, 0) is 31.1 Å². The van der Waals surface area contributed by atoms with Crippen LogP contribution >= 0.6 is 23.2 Å². The molecule has 1 aliphatic heterocycles. The number of methoxy groups -OCH3 is 1. The third kappa shape index (κ3) is 6.40. The summed E-state index contributed by atoms with van der Waals surface area (Å²) >= 11 is 11.8. The minimum Gasteiger partial charge on any atom is -0.474 e. The second-order valence-electron chi connectivity index (χ2n) is 6.52. The number of carbonyl (C=O) groups is 2.